The van der Waals surface area contributed by atoms with Crippen LogP contribution < -0.4 is 4.74 Å². The molecule has 0 unspecified atom stereocenters. The summed E-state index contributed by atoms with van der Waals surface area (Å²) in [6, 6.07) is 13.3. The normalized spacial score (nSPS) is 25.5. The first-order valence-electron chi connectivity index (χ1n) is 12.5. The monoisotopic (exact) mass is 527 g/mol. The van der Waals surface area contributed by atoms with E-state index in [4.69, 9.17) is 9.26 Å². The number of ether oxygens (including phenoxy) is 1. The highest BCUT2D eigenvalue weighted by Gasteiger charge is 2.63. The number of aromatic hydroxyl groups is 1. The van der Waals surface area contributed by atoms with Gasteiger partial charge in [0.15, 0.2) is 17.1 Å². The van der Waals surface area contributed by atoms with E-state index >= 15 is 0 Å². The molecule has 10 nitrogen and oxygen atoms in total. The van der Waals surface area contributed by atoms with Crippen molar-refractivity contribution < 1.29 is 34.2 Å². The second kappa shape index (κ2) is 8.80. The largest absolute Gasteiger partial charge is 0.508 e. The number of ketones is 2. The van der Waals surface area contributed by atoms with E-state index in [1.807, 2.05) is 30.3 Å². The molecule has 3 aliphatic rings. The smallest absolute Gasteiger partial charge is 0.265 e. The van der Waals surface area contributed by atoms with Gasteiger partial charge in [-0.05, 0) is 61.3 Å². The third kappa shape index (κ3) is 3.44. The molecular weight excluding hydrogens is 502 g/mol. The third-order valence-electron chi connectivity index (χ3n) is 8.12. The van der Waals surface area contributed by atoms with Gasteiger partial charge >= 0.3 is 0 Å². The molecule has 2 aromatic carbocycles. The van der Waals surface area contributed by atoms with E-state index in [0.717, 1.165) is 5.56 Å². The van der Waals surface area contributed by atoms with Crippen molar-refractivity contribution in [3.05, 3.63) is 87.4 Å². The Morgan fingerprint density at radius 2 is 1.90 bits per heavy atom. The summed E-state index contributed by atoms with van der Waals surface area (Å²) < 4.78 is 11.4. The van der Waals surface area contributed by atoms with Crippen molar-refractivity contribution in [2.75, 3.05) is 14.1 Å². The number of phenols is 1. The third-order valence-corrected chi connectivity index (χ3v) is 8.12. The molecule has 3 aliphatic carbocycles. The molecule has 0 bridgehead atoms. The van der Waals surface area contributed by atoms with Gasteiger partial charge < -0.3 is 24.6 Å². The number of aliphatic hydroxyl groups is 2. The van der Waals surface area contributed by atoms with Crippen LogP contribution in [-0.4, -0.2) is 56.6 Å². The van der Waals surface area contributed by atoms with Crippen LogP contribution in [0.5, 0.6) is 11.6 Å². The minimum atomic E-state index is -2.46. The summed E-state index contributed by atoms with van der Waals surface area (Å²) >= 11 is 0. The number of nitriles is 1. The molecule has 4 atom stereocenters. The van der Waals surface area contributed by atoms with Crippen LogP contribution >= 0.6 is 0 Å². The van der Waals surface area contributed by atoms with Crippen LogP contribution in [0.1, 0.15) is 55.6 Å². The van der Waals surface area contributed by atoms with Gasteiger partial charge in [-0.25, -0.2) is 0 Å². The fourth-order valence-corrected chi connectivity index (χ4v) is 6.36. The highest BCUT2D eigenvalue weighted by molar-refractivity contribution is 6.16. The van der Waals surface area contributed by atoms with E-state index < -0.39 is 40.8 Å². The predicted octanol–water partition coefficient (Wildman–Crippen LogP) is 3.25. The van der Waals surface area contributed by atoms with Gasteiger partial charge in [-0.3, -0.25) is 14.5 Å². The van der Waals surface area contributed by atoms with Gasteiger partial charge in [0.25, 0.3) is 5.88 Å². The molecule has 1 aromatic heterocycles. The Morgan fingerprint density at radius 3 is 2.59 bits per heavy atom. The molecule has 0 saturated carbocycles. The van der Waals surface area contributed by atoms with Gasteiger partial charge in [0.1, 0.15) is 23.7 Å². The van der Waals surface area contributed by atoms with Crippen molar-refractivity contribution in [1.82, 2.24) is 10.1 Å². The van der Waals surface area contributed by atoms with Crippen LogP contribution in [0.25, 0.3) is 0 Å². The number of nitrogens with zero attached hydrogens (tertiary/aromatic N) is 3. The number of allylic oxidation sites excluding steroid dienone is 1. The quantitative estimate of drug-likeness (QED) is 0.460. The summed E-state index contributed by atoms with van der Waals surface area (Å²) in [6.45, 7) is 0.0898. The lowest BCUT2D eigenvalue weighted by atomic mass is 9.58. The molecule has 6 rings (SSSR count). The van der Waals surface area contributed by atoms with Crippen molar-refractivity contribution in [3.8, 4) is 17.7 Å². The number of aliphatic hydroxyl groups excluding tert-OH is 1. The summed E-state index contributed by atoms with van der Waals surface area (Å²) in [6.07, 6.45) is 0.309. The average Bonchev–Trinajstić information content (AvgIpc) is 3.33. The fourth-order valence-electron chi connectivity index (χ4n) is 6.36. The maximum atomic E-state index is 14.0. The molecule has 3 aromatic rings. The van der Waals surface area contributed by atoms with Crippen molar-refractivity contribution in [3.63, 3.8) is 0 Å². The molecule has 0 amide bonds. The van der Waals surface area contributed by atoms with Gasteiger partial charge in [-0.15, -0.1) is 0 Å². The predicted molar refractivity (Wildman–Crippen MR) is 135 cm³/mol. The zero-order valence-electron chi connectivity index (χ0n) is 21.2. The Morgan fingerprint density at radius 1 is 1.15 bits per heavy atom. The van der Waals surface area contributed by atoms with Gasteiger partial charge in [0, 0.05) is 11.5 Å². The molecule has 10 heteroatoms. The first-order valence-corrected chi connectivity index (χ1v) is 12.5. The first-order chi connectivity index (χ1) is 18.7. The van der Waals surface area contributed by atoms with Crippen LogP contribution in [0.2, 0.25) is 0 Å². The molecule has 198 valence electrons. The number of carbonyl (C=O) groups is 2. The molecule has 0 radical (unpaired) electrons. The van der Waals surface area contributed by atoms with Crippen LogP contribution in [0.4, 0.5) is 0 Å². The molecular formula is C29H25N3O7. The minimum Gasteiger partial charge on any atom is -0.508 e. The number of hydrogen-bond donors (Lipinski definition) is 3. The van der Waals surface area contributed by atoms with E-state index in [1.165, 1.54) is 12.1 Å². The summed E-state index contributed by atoms with van der Waals surface area (Å²) in [4.78, 5) is 29.4. The lowest BCUT2D eigenvalue weighted by Gasteiger charge is -2.49. The topological polar surface area (TPSA) is 157 Å². The van der Waals surface area contributed by atoms with Gasteiger partial charge in [0.2, 0.25) is 5.78 Å². The number of aromatic nitrogens is 1. The Bertz CT molecular complexity index is 1600. The van der Waals surface area contributed by atoms with Crippen molar-refractivity contribution in [1.29, 1.82) is 5.26 Å². The highest BCUT2D eigenvalue weighted by Crippen LogP contribution is 2.56. The number of hydrogen-bond acceptors (Lipinski definition) is 10. The Kier molecular flexibility index (Phi) is 5.61. The van der Waals surface area contributed by atoms with E-state index in [0.29, 0.717) is 5.56 Å². The zero-order valence-corrected chi connectivity index (χ0v) is 21.2. The zero-order chi connectivity index (χ0) is 27.6. The summed E-state index contributed by atoms with van der Waals surface area (Å²) in [5.74, 6) is -4.08. The fraction of sp³-hybridized carbons (Fsp3) is 0.310. The van der Waals surface area contributed by atoms with E-state index in [-0.39, 0.29) is 59.1 Å². The standard InChI is InChI=1S/C29H25N3O7/c1-32(2)23-18-11-16-10-17-15(12-30)8-9-19(33)21(17)24(34)20(16)26(35)29(18,37)27(36)22-25(23)39-31-28(22)38-13-14-6-4-3-5-7-14/h3-9,16,18,23,33,35,37H,10-11,13H2,1-2H3/t16-,18-,23-,29-/m0/s1. The molecule has 3 N–H and O–H groups in total. The van der Waals surface area contributed by atoms with E-state index in [1.54, 1.807) is 19.0 Å². The first kappa shape index (κ1) is 24.9. The molecule has 0 saturated heterocycles. The van der Waals surface area contributed by atoms with E-state index in [9.17, 15) is 30.2 Å². The molecule has 1 heterocycles. The van der Waals surface area contributed by atoms with Crippen molar-refractivity contribution >= 4 is 11.6 Å². The molecule has 0 aliphatic heterocycles. The van der Waals surface area contributed by atoms with Gasteiger partial charge in [-0.2, -0.15) is 5.26 Å². The van der Waals surface area contributed by atoms with Crippen LogP contribution in [0, 0.1) is 23.2 Å². The molecule has 0 fully saturated rings. The summed E-state index contributed by atoms with van der Waals surface area (Å²) in [5.41, 5.74) is -1.33. The van der Waals surface area contributed by atoms with Gasteiger partial charge in [0.05, 0.1) is 23.2 Å². The summed E-state index contributed by atoms with van der Waals surface area (Å²) in [5, 5.41) is 47.6. The molecule has 0 spiro atoms. The minimum absolute atomic E-state index is 0.0898. The number of rotatable bonds is 4. The second-order valence-electron chi connectivity index (χ2n) is 10.4. The maximum absolute atomic E-state index is 14.0. The Hall–Kier alpha value is -4.46. The summed E-state index contributed by atoms with van der Waals surface area (Å²) in [7, 11) is 3.50. The Balaban J connectivity index is 1.48. The van der Waals surface area contributed by atoms with Crippen LogP contribution in [0.3, 0.4) is 0 Å². The SMILES string of the molecule is CN(C)[C@@H]1c2onc(OCc3ccccc3)c2C(=O)[C@@]2(O)C(O)=C3C(=O)c4c(O)ccc(C#N)c4C[C@H]3C[C@@H]12. The van der Waals surface area contributed by atoms with Gasteiger partial charge in [-0.1, -0.05) is 30.3 Å². The number of Topliss-reactive ketones (excluding diaryl/α,β-unsaturated/α-hetero) is 2. The lowest BCUT2D eigenvalue weighted by Crippen LogP contribution is -2.59. The second-order valence-corrected chi connectivity index (χ2v) is 10.4. The number of benzene rings is 2. The lowest BCUT2D eigenvalue weighted by molar-refractivity contribution is -0.0559. The molecule has 39 heavy (non-hydrogen) atoms. The highest BCUT2D eigenvalue weighted by atomic mass is 16.5. The van der Waals surface area contributed by atoms with Crippen LogP contribution in [-0.2, 0) is 13.0 Å². The number of fused-ring (bicyclic) bond motifs is 4. The van der Waals surface area contributed by atoms with Crippen LogP contribution in [0.15, 0.2) is 58.3 Å². The maximum Gasteiger partial charge on any atom is 0.265 e. The number of carbonyl (C=O) groups excluding carboxylic acids is 2. The number of phenolic OH excluding ortho intramolecular Hbond substituents is 1. The van der Waals surface area contributed by atoms with Crippen molar-refractivity contribution in [2.45, 2.75) is 31.1 Å². The van der Waals surface area contributed by atoms with Crippen molar-refractivity contribution in [2.24, 2.45) is 11.8 Å². The Labute approximate surface area is 223 Å². The van der Waals surface area contributed by atoms with E-state index in [2.05, 4.69) is 11.2 Å². The average molecular weight is 528 g/mol.